The van der Waals surface area contributed by atoms with Crippen LogP contribution in [0.1, 0.15) is 66.4 Å². The number of amides is 4. The highest BCUT2D eigenvalue weighted by molar-refractivity contribution is 7.89. The zero-order valence-corrected chi connectivity index (χ0v) is 73.8. The van der Waals surface area contributed by atoms with Crippen molar-refractivity contribution in [1.82, 2.24) is 45.9 Å². The Morgan fingerprint density at radius 2 is 0.948 bits per heavy atom. The number of hydroxylamine groups is 1. The number of hydrogen-bond acceptors (Lipinski definition) is 45. The van der Waals surface area contributed by atoms with Crippen molar-refractivity contribution < 1.29 is 205 Å². The number of carboxylic acids is 1. The van der Waals surface area contributed by atoms with Gasteiger partial charge in [-0.15, -0.1) is 0 Å². The number of aromatic nitrogens is 4. The predicted molar refractivity (Wildman–Crippen MR) is 444 cm³/mol. The number of sulfonamides is 1. The van der Waals surface area contributed by atoms with Crippen LogP contribution in [-0.4, -0.2) is 458 Å². The van der Waals surface area contributed by atoms with E-state index in [9.17, 15) is 124 Å². The number of benzene rings is 2. The first-order valence-corrected chi connectivity index (χ1v) is 45.1. The summed E-state index contributed by atoms with van der Waals surface area (Å²) in [7, 11) is -4.44. The topological polar surface area (TPSA) is 785 Å². The summed E-state index contributed by atoms with van der Waals surface area (Å²) in [5, 5.41) is 217. The highest BCUT2D eigenvalue weighted by Gasteiger charge is 2.60. The van der Waals surface area contributed by atoms with Gasteiger partial charge in [0.1, 0.15) is 158 Å². The van der Waals surface area contributed by atoms with Gasteiger partial charge in [0.05, 0.1) is 95.3 Å². The minimum absolute atomic E-state index is 0.0927. The Morgan fingerprint density at radius 3 is 1.40 bits per heavy atom. The van der Waals surface area contributed by atoms with E-state index in [1.54, 1.807) is 41.5 Å². The van der Waals surface area contributed by atoms with Crippen LogP contribution in [0.15, 0.2) is 53.8 Å². The van der Waals surface area contributed by atoms with Gasteiger partial charge in [0.15, 0.2) is 43.7 Å². The van der Waals surface area contributed by atoms with Crippen LogP contribution >= 0.6 is 0 Å². The number of fused-ring (bicyclic) bond motifs is 1. The van der Waals surface area contributed by atoms with E-state index in [1.165, 1.54) is 26.0 Å². The number of aliphatic hydroxyl groups excluding tert-OH is 17. The molecule has 22 aliphatic heterocycles. The molecule has 0 aliphatic carbocycles. The number of nitrogens with one attached hydrogen (secondary N) is 7. The van der Waals surface area contributed by atoms with E-state index in [2.05, 4.69) is 46.5 Å². The highest BCUT2D eigenvalue weighted by Crippen LogP contribution is 2.40. The van der Waals surface area contributed by atoms with Crippen molar-refractivity contribution in [2.75, 3.05) is 117 Å². The first-order valence-electron chi connectivity index (χ1n) is 43.7. The number of carbonyl (C=O) groups excluding carboxylic acids is 4. The maximum atomic E-state index is 13.7. The number of carbonyl (C=O) groups is 5. The standard InChI is InChI=1S/C80H123N11O42S/c1-36-25-40(26-37(2)70(36)134(115,116)90-42(73(113)114)29-87-71(111)38-8-10-43-39(27-38)28-88-91(43)17-4-12-84-80-85-15-16-86-80)120-20-3-7-50(98)82-13-5-18-117-21-23-119-24-22-118-19-6-14-83-72(112)41(81)9-11-51(99)89-133-69-62(110)79-126-49(35-97)68(69)132-78-61(109)56(104)66(47(33-95)125-78)130-76-59(107)54(102)64(45(31-93)123-76)128-74-57(105)52(100)63(44(30-92)121-74)127-75-58(106)53(101)65(46(32-94)122-75)129-77-60(108)55(103)67(131-79)48(34-96)124-77/h8,10,15-16,25-28,41-42,44-49,52-69,74-79,90,92-97,100-110H,3-7,9,11-14,17-24,29-35,81H2,1-2H3,(H,82,98)(H,83,112)(H,87,111)(H,89,99)(H,113,114)(H2,84,85,86)/t41?,42?,44-,45-,46-,47-,48-,49-,52-,53-,54-,55-,56-,57-,58-,59-,60-,61-,62-,63-,64-,65-,66-,67-,68+,69-,74-,75-,76-,77-,78-,79-/m1/s1. The van der Waals surface area contributed by atoms with Gasteiger partial charge in [-0.2, -0.15) is 9.82 Å². The van der Waals surface area contributed by atoms with Crippen LogP contribution in [0.2, 0.25) is 0 Å². The van der Waals surface area contributed by atoms with E-state index in [0.29, 0.717) is 62.6 Å². The normalized spacial score (nSPS) is 33.6. The molecule has 0 spiro atoms. The van der Waals surface area contributed by atoms with Gasteiger partial charge in [-0.05, 0) is 87.4 Å². The van der Waals surface area contributed by atoms with Gasteiger partial charge in [0.25, 0.3) is 5.91 Å². The maximum absolute atomic E-state index is 13.7. The molecule has 22 aliphatic rings. The summed E-state index contributed by atoms with van der Waals surface area (Å²) >= 11 is 0. The lowest BCUT2D eigenvalue weighted by molar-refractivity contribution is -0.405. The minimum atomic E-state index is -4.44. The van der Waals surface area contributed by atoms with Crippen molar-refractivity contribution in [3.63, 3.8) is 0 Å². The van der Waals surface area contributed by atoms with Crippen molar-refractivity contribution in [2.45, 2.75) is 267 Å². The molecule has 27 N–H and O–H groups in total. The van der Waals surface area contributed by atoms with E-state index in [4.69, 9.17) is 86.4 Å². The Labute approximate surface area is 765 Å². The van der Waals surface area contributed by atoms with Gasteiger partial charge in [-0.1, -0.05) is 0 Å². The molecule has 22 fully saturated rings. The summed E-state index contributed by atoms with van der Waals surface area (Å²) < 4.78 is 124. The van der Waals surface area contributed by atoms with Crippen molar-refractivity contribution in [1.29, 1.82) is 0 Å². The van der Waals surface area contributed by atoms with Crippen LogP contribution in [0.5, 0.6) is 5.75 Å². The lowest BCUT2D eigenvalue weighted by atomic mass is 9.94. The summed E-state index contributed by atoms with van der Waals surface area (Å²) in [5.41, 5.74) is 9.75. The number of aliphatic hydroxyl groups is 17. The quantitative estimate of drug-likeness (QED) is 0.0145. The van der Waals surface area contributed by atoms with Crippen molar-refractivity contribution in [3.05, 3.63) is 65.6 Å². The molecular weight excluding hydrogens is 1820 g/mol. The van der Waals surface area contributed by atoms with Crippen LogP contribution in [0.4, 0.5) is 5.95 Å². The molecule has 4 amide bonds. The molecule has 32 atom stereocenters. The van der Waals surface area contributed by atoms with Gasteiger partial charge in [0, 0.05) is 82.1 Å². The van der Waals surface area contributed by atoms with Gasteiger partial charge in [-0.3, -0.25) is 33.5 Å². The number of aromatic amines is 1. The third-order valence-electron chi connectivity index (χ3n) is 23.1. The van der Waals surface area contributed by atoms with E-state index in [0.717, 1.165) is 11.9 Å². The fourth-order valence-electron chi connectivity index (χ4n) is 16.0. The second-order valence-corrected chi connectivity index (χ2v) is 34.4. The average Bonchev–Trinajstić information content (AvgIpc) is 1.73. The Bertz CT molecular complexity index is 4410. The number of aryl methyl sites for hydroxylation is 3. The number of nitrogens with two attached hydrogens (primary N) is 1. The van der Waals surface area contributed by atoms with Crippen LogP contribution in [-0.2, 0) is 112 Å². The molecule has 12 bridgehead atoms. The molecule has 26 rings (SSSR count). The fraction of sp³-hybridized carbons (Fsp3) is 0.738. The van der Waals surface area contributed by atoms with Crippen LogP contribution in [0, 0.1) is 13.8 Å². The number of carboxylic acid groups (broad SMARTS) is 1. The number of rotatable bonds is 43. The molecule has 0 saturated carbocycles. The molecule has 2 aromatic heterocycles. The average molecular weight is 1940 g/mol. The third kappa shape index (κ3) is 27.4. The highest BCUT2D eigenvalue weighted by atomic mass is 32.2. The van der Waals surface area contributed by atoms with E-state index >= 15 is 0 Å². The first-order chi connectivity index (χ1) is 64.2. The molecule has 4 aromatic rings. The molecule has 24 heterocycles. The van der Waals surface area contributed by atoms with Gasteiger partial charge >= 0.3 is 5.97 Å². The molecule has 2 aromatic carbocycles. The monoisotopic (exact) mass is 1940 g/mol. The van der Waals surface area contributed by atoms with Crippen LogP contribution in [0.3, 0.4) is 0 Å². The van der Waals surface area contributed by atoms with E-state index in [-0.39, 0.29) is 86.5 Å². The Balaban J connectivity index is 0.579. The molecule has 0 radical (unpaired) electrons. The molecule has 134 heavy (non-hydrogen) atoms. The number of hydrogen-bond donors (Lipinski definition) is 26. The fourth-order valence-corrected chi connectivity index (χ4v) is 17.6. The lowest BCUT2D eigenvalue weighted by Gasteiger charge is -2.51. The number of nitrogens with zero attached hydrogens (tertiary/aromatic N) is 3. The van der Waals surface area contributed by atoms with Crippen LogP contribution in [0.25, 0.3) is 10.9 Å². The predicted octanol–water partition coefficient (Wildman–Crippen LogP) is -11.6. The smallest absolute Gasteiger partial charge is 0.323 e. The second kappa shape index (κ2) is 51.0. The molecule has 756 valence electrons. The van der Waals surface area contributed by atoms with Gasteiger partial charge in [-0.25, -0.2) is 18.9 Å². The van der Waals surface area contributed by atoms with Crippen LogP contribution < -0.4 is 41.9 Å². The first kappa shape index (κ1) is 107. The molecule has 2 unspecified atom stereocenters. The second-order valence-electron chi connectivity index (χ2n) is 32.7. The summed E-state index contributed by atoms with van der Waals surface area (Å²) in [4.78, 5) is 77.4. The maximum Gasteiger partial charge on any atom is 0.323 e. The molecule has 54 heteroatoms. The number of H-pyrrole nitrogens is 1. The van der Waals surface area contributed by atoms with E-state index < -0.39 is 283 Å². The third-order valence-corrected chi connectivity index (χ3v) is 24.9. The number of anilines is 1. The van der Waals surface area contributed by atoms with Crippen molar-refractivity contribution >= 4 is 56.5 Å². The summed E-state index contributed by atoms with van der Waals surface area (Å²) in [6.45, 7) is -0.888. The van der Waals surface area contributed by atoms with Crippen molar-refractivity contribution in [2.24, 2.45) is 5.73 Å². The zero-order chi connectivity index (χ0) is 96.8. The van der Waals surface area contributed by atoms with E-state index in [1.807, 2.05) is 0 Å². The molecule has 53 nitrogen and oxygen atoms in total. The largest absolute Gasteiger partial charge is 0.494 e. The van der Waals surface area contributed by atoms with Gasteiger partial charge < -0.3 is 200 Å². The summed E-state index contributed by atoms with van der Waals surface area (Å²) in [5.74, 6) is -3.07. The SMILES string of the molecule is Cc1cc(OCCCC(=O)NCCCOCCOCCOCCCNC(=O)C(N)CCC(=O)NO[C@@H]2[C@@H](O)[C@H]3O[C@H]4[C@H](O)[C@@H](O)[C@@H](O[C@H]5[C@H](O)[C@@H](O)[C@@H](O[C@H]6[C@H](O)[C@@H](O)[C@@H](O[C@H]7[C@H](O)[C@@H](O)[C@@H](O[C@H]8[C@H](O)[C@@H](O)[C@@H](O[C@H]2[C@@H](CO)O3)O[C@@H]8CO)O[C@@H]7CO)O[C@@H]6CO)O[C@@H]5CO)O[C@@H]4CO)cc(C)c1S(=O)(=O)NC(CNC(=O)c1ccc2c(cnn2CCCNc2ncc[nH]2)c1)C(=O)O. The Morgan fingerprint density at radius 1 is 0.507 bits per heavy atom. The molecule has 22 saturated heterocycles. The zero-order valence-electron chi connectivity index (χ0n) is 72.9. The number of imidazole rings is 1. The lowest BCUT2D eigenvalue weighted by Crippen LogP contribution is -2.69. The summed E-state index contributed by atoms with van der Waals surface area (Å²) in [6, 6.07) is 4.85. The number of ether oxygens (including phenoxy) is 16. The Kier molecular flexibility index (Phi) is 40.7. The number of aliphatic carboxylic acids is 1. The van der Waals surface area contributed by atoms with Crippen molar-refractivity contribution in [3.8, 4) is 5.75 Å². The minimum Gasteiger partial charge on any atom is -0.494 e. The Hall–Kier alpha value is -7.38. The summed E-state index contributed by atoms with van der Waals surface area (Å²) in [6.07, 6.45) is -55.6. The molecular formula is C80H123N11O42S. The van der Waals surface area contributed by atoms with Gasteiger partial charge in [0.2, 0.25) is 27.7 Å².